The summed E-state index contributed by atoms with van der Waals surface area (Å²) in [5.41, 5.74) is 1.72. The highest BCUT2D eigenvalue weighted by atomic mass is 35.5. The van der Waals surface area contributed by atoms with E-state index in [1.54, 1.807) is 47.4 Å². The van der Waals surface area contributed by atoms with Gasteiger partial charge < -0.3 is 9.64 Å². The van der Waals surface area contributed by atoms with E-state index < -0.39 is 10.0 Å². The molecule has 0 saturated heterocycles. The zero-order valence-electron chi connectivity index (χ0n) is 16.1. The number of carbonyl (C=O) groups is 1. The number of carbonyl (C=O) groups excluding carboxylic acids is 1. The number of fused-ring (bicyclic) bond motifs is 2. The minimum absolute atomic E-state index is 0.260. The van der Waals surface area contributed by atoms with Gasteiger partial charge in [0.15, 0.2) is 5.75 Å². The summed E-state index contributed by atoms with van der Waals surface area (Å²) in [6.45, 7) is 2.32. The summed E-state index contributed by atoms with van der Waals surface area (Å²) in [5.74, 6) is 0.404. The van der Waals surface area contributed by atoms with Crippen LogP contribution in [0.3, 0.4) is 0 Å². The average molecular weight is 443 g/mol. The van der Waals surface area contributed by atoms with E-state index in [0.29, 0.717) is 34.3 Å². The number of halogens is 1. The van der Waals surface area contributed by atoms with Crippen molar-refractivity contribution >= 4 is 38.9 Å². The number of hydrogen-bond acceptors (Lipinski definition) is 4. The molecule has 0 saturated carbocycles. The summed E-state index contributed by atoms with van der Waals surface area (Å²) in [7, 11) is -3.74. The van der Waals surface area contributed by atoms with E-state index in [1.165, 1.54) is 6.07 Å². The molecule has 0 fully saturated rings. The lowest BCUT2D eigenvalue weighted by Gasteiger charge is -2.20. The van der Waals surface area contributed by atoms with Gasteiger partial charge in [0.1, 0.15) is 5.75 Å². The Morgan fingerprint density at radius 1 is 1.00 bits per heavy atom. The minimum Gasteiger partial charge on any atom is -0.454 e. The van der Waals surface area contributed by atoms with E-state index in [2.05, 4.69) is 4.72 Å². The quantitative estimate of drug-likeness (QED) is 0.599. The van der Waals surface area contributed by atoms with Crippen molar-refractivity contribution in [2.45, 2.75) is 12.7 Å². The van der Waals surface area contributed by atoms with E-state index in [9.17, 15) is 13.2 Å². The molecule has 0 aromatic heterocycles. The van der Waals surface area contributed by atoms with Crippen LogP contribution in [0.2, 0.25) is 5.02 Å². The Hall–Kier alpha value is -3.03. The van der Waals surface area contributed by atoms with Gasteiger partial charge in [-0.15, -0.1) is 0 Å². The van der Waals surface area contributed by atoms with Gasteiger partial charge >= 0.3 is 0 Å². The SMILES string of the molecule is CCN1C(=O)c2cc(NS(=O)(=O)Cc3ccccc3Cl)ccc2Oc2ccccc21. The second-order valence-corrected chi connectivity index (χ2v) is 8.91. The number of hydrogen-bond donors (Lipinski definition) is 1. The normalized spacial score (nSPS) is 13.1. The number of nitrogens with one attached hydrogen (secondary N) is 1. The van der Waals surface area contributed by atoms with Gasteiger partial charge in [0, 0.05) is 17.3 Å². The number of para-hydroxylation sites is 2. The van der Waals surface area contributed by atoms with E-state index in [4.69, 9.17) is 16.3 Å². The molecule has 0 radical (unpaired) electrons. The summed E-state index contributed by atoms with van der Waals surface area (Å²) in [4.78, 5) is 14.7. The van der Waals surface area contributed by atoms with Crippen LogP contribution in [0.15, 0.2) is 66.7 Å². The highest BCUT2D eigenvalue weighted by molar-refractivity contribution is 7.91. The fourth-order valence-electron chi connectivity index (χ4n) is 3.34. The second kappa shape index (κ2) is 8.01. The molecule has 0 atom stereocenters. The van der Waals surface area contributed by atoms with Crippen molar-refractivity contribution < 1.29 is 17.9 Å². The molecule has 3 aromatic carbocycles. The predicted octanol–water partition coefficient (Wildman–Crippen LogP) is 5.05. The van der Waals surface area contributed by atoms with Crippen molar-refractivity contribution in [1.82, 2.24) is 0 Å². The van der Waals surface area contributed by atoms with Gasteiger partial charge in [-0.1, -0.05) is 41.9 Å². The Morgan fingerprint density at radius 3 is 2.50 bits per heavy atom. The minimum atomic E-state index is -3.74. The Balaban J connectivity index is 1.65. The van der Waals surface area contributed by atoms with Crippen LogP contribution in [-0.4, -0.2) is 20.9 Å². The molecular weight excluding hydrogens is 424 g/mol. The topological polar surface area (TPSA) is 75.7 Å². The molecule has 3 aromatic rings. The first kappa shape index (κ1) is 20.3. The van der Waals surface area contributed by atoms with Crippen LogP contribution < -0.4 is 14.4 Å². The van der Waals surface area contributed by atoms with Gasteiger partial charge in [-0.3, -0.25) is 9.52 Å². The first-order valence-electron chi connectivity index (χ1n) is 9.34. The number of ether oxygens (including phenoxy) is 1. The predicted molar refractivity (Wildman–Crippen MR) is 118 cm³/mol. The largest absolute Gasteiger partial charge is 0.454 e. The summed E-state index contributed by atoms with van der Waals surface area (Å²) >= 11 is 6.08. The summed E-state index contributed by atoms with van der Waals surface area (Å²) in [6.07, 6.45) is 0. The number of benzene rings is 3. The lowest BCUT2D eigenvalue weighted by molar-refractivity contribution is 0.0988. The molecule has 1 heterocycles. The van der Waals surface area contributed by atoms with E-state index >= 15 is 0 Å². The van der Waals surface area contributed by atoms with Crippen LogP contribution >= 0.6 is 11.6 Å². The molecule has 0 bridgehead atoms. The fourth-order valence-corrected chi connectivity index (χ4v) is 4.84. The maximum Gasteiger partial charge on any atom is 0.262 e. The van der Waals surface area contributed by atoms with Crippen molar-refractivity contribution in [1.29, 1.82) is 0 Å². The van der Waals surface area contributed by atoms with Gasteiger partial charge in [0.05, 0.1) is 17.0 Å². The number of rotatable bonds is 5. The van der Waals surface area contributed by atoms with E-state index in [1.807, 2.05) is 25.1 Å². The van der Waals surface area contributed by atoms with Crippen molar-refractivity contribution in [3.05, 3.63) is 82.9 Å². The molecule has 1 N–H and O–H groups in total. The van der Waals surface area contributed by atoms with Crippen LogP contribution in [-0.2, 0) is 15.8 Å². The van der Waals surface area contributed by atoms with Crippen LogP contribution in [0.5, 0.6) is 11.5 Å². The van der Waals surface area contributed by atoms with Crippen molar-refractivity contribution in [2.24, 2.45) is 0 Å². The first-order valence-corrected chi connectivity index (χ1v) is 11.4. The van der Waals surface area contributed by atoms with Crippen molar-refractivity contribution in [2.75, 3.05) is 16.2 Å². The summed E-state index contributed by atoms with van der Waals surface area (Å²) < 4.78 is 33.8. The standard InChI is InChI=1S/C22H19ClN2O4S/c1-2-25-19-9-5-6-10-21(19)29-20-12-11-16(13-17(20)22(25)26)24-30(27,28)14-15-7-3-4-8-18(15)23/h3-13,24H,2,14H2,1H3. The molecule has 0 unspecified atom stereocenters. The number of anilines is 2. The Labute approximate surface area is 180 Å². The van der Waals surface area contributed by atoms with Gasteiger partial charge in [0.2, 0.25) is 10.0 Å². The second-order valence-electron chi connectivity index (χ2n) is 6.78. The lowest BCUT2D eigenvalue weighted by atomic mass is 10.1. The first-order chi connectivity index (χ1) is 14.4. The summed E-state index contributed by atoms with van der Waals surface area (Å²) in [6, 6.07) is 18.7. The molecule has 30 heavy (non-hydrogen) atoms. The van der Waals surface area contributed by atoms with Gasteiger partial charge in [-0.05, 0) is 48.9 Å². The van der Waals surface area contributed by atoms with Crippen LogP contribution in [0.4, 0.5) is 11.4 Å². The van der Waals surface area contributed by atoms with Crippen LogP contribution in [0.25, 0.3) is 0 Å². The third kappa shape index (κ3) is 3.99. The number of sulfonamides is 1. The zero-order valence-corrected chi connectivity index (χ0v) is 17.7. The maximum absolute atomic E-state index is 13.1. The molecule has 8 heteroatoms. The van der Waals surface area contributed by atoms with Gasteiger partial charge in [-0.2, -0.15) is 0 Å². The third-order valence-electron chi connectivity index (χ3n) is 4.72. The highest BCUT2D eigenvalue weighted by Crippen LogP contribution is 2.39. The summed E-state index contributed by atoms with van der Waals surface area (Å²) in [5, 5.41) is 0.379. The molecule has 6 nitrogen and oxygen atoms in total. The van der Waals surface area contributed by atoms with Gasteiger partial charge in [-0.25, -0.2) is 8.42 Å². The van der Waals surface area contributed by atoms with Crippen molar-refractivity contribution in [3.63, 3.8) is 0 Å². The maximum atomic E-state index is 13.1. The molecule has 1 aliphatic heterocycles. The number of nitrogens with zero attached hydrogens (tertiary/aromatic N) is 1. The monoisotopic (exact) mass is 442 g/mol. The molecule has 1 aliphatic rings. The van der Waals surface area contributed by atoms with Crippen LogP contribution in [0.1, 0.15) is 22.8 Å². The average Bonchev–Trinajstić information content (AvgIpc) is 2.83. The number of amides is 1. The molecule has 1 amide bonds. The van der Waals surface area contributed by atoms with Crippen LogP contribution in [0, 0.1) is 0 Å². The molecule has 0 spiro atoms. The van der Waals surface area contributed by atoms with Crippen molar-refractivity contribution in [3.8, 4) is 11.5 Å². The Kier molecular flexibility index (Phi) is 5.40. The highest BCUT2D eigenvalue weighted by Gasteiger charge is 2.27. The Bertz CT molecular complexity index is 1230. The molecular formula is C22H19ClN2O4S. The molecule has 154 valence electrons. The Morgan fingerprint density at radius 2 is 1.73 bits per heavy atom. The lowest BCUT2D eigenvalue weighted by Crippen LogP contribution is -2.29. The van der Waals surface area contributed by atoms with Gasteiger partial charge in [0.25, 0.3) is 5.91 Å². The molecule has 0 aliphatic carbocycles. The zero-order chi connectivity index (χ0) is 21.3. The van der Waals surface area contributed by atoms with E-state index in [-0.39, 0.29) is 22.9 Å². The smallest absolute Gasteiger partial charge is 0.262 e. The third-order valence-corrected chi connectivity index (χ3v) is 6.33. The fraction of sp³-hybridized carbons (Fsp3) is 0.136. The van der Waals surface area contributed by atoms with E-state index in [0.717, 1.165) is 0 Å². The molecule has 4 rings (SSSR count).